The van der Waals surface area contributed by atoms with Crippen molar-refractivity contribution in [3.05, 3.63) is 48.6 Å². The van der Waals surface area contributed by atoms with Crippen LogP contribution in [0.4, 0.5) is 4.79 Å². The Kier molecular flexibility index (Phi) is 6.89. The van der Waals surface area contributed by atoms with Crippen LogP contribution in [-0.4, -0.2) is 31.7 Å². The van der Waals surface area contributed by atoms with Gasteiger partial charge in [-0.05, 0) is 5.56 Å². The van der Waals surface area contributed by atoms with Crippen LogP contribution < -0.4 is 10.6 Å². The van der Waals surface area contributed by atoms with Gasteiger partial charge in [0.1, 0.15) is 6.61 Å². The van der Waals surface area contributed by atoms with E-state index in [1.165, 1.54) is 13.0 Å². The quantitative estimate of drug-likeness (QED) is 0.746. The van der Waals surface area contributed by atoms with Crippen LogP contribution in [0.2, 0.25) is 0 Å². The molecule has 5 nitrogen and oxygen atoms in total. The van der Waals surface area contributed by atoms with E-state index < -0.39 is 6.09 Å². The Morgan fingerprint density at radius 3 is 2.50 bits per heavy atom. The Labute approximate surface area is 119 Å². The van der Waals surface area contributed by atoms with Gasteiger partial charge in [-0.15, -0.1) is 0 Å². The summed E-state index contributed by atoms with van der Waals surface area (Å²) in [7, 11) is 0. The Morgan fingerprint density at radius 2 is 1.90 bits per heavy atom. The van der Waals surface area contributed by atoms with Crippen molar-refractivity contribution < 1.29 is 14.3 Å². The molecule has 0 radical (unpaired) electrons. The van der Waals surface area contributed by atoms with Gasteiger partial charge in [-0.3, -0.25) is 4.79 Å². The summed E-state index contributed by atoms with van der Waals surface area (Å²) >= 11 is 0. The van der Waals surface area contributed by atoms with E-state index in [0.29, 0.717) is 13.1 Å². The number of nitrogens with one attached hydrogen (secondary N) is 2. The van der Waals surface area contributed by atoms with Gasteiger partial charge in [0.15, 0.2) is 0 Å². The molecule has 2 N–H and O–H groups in total. The van der Waals surface area contributed by atoms with Crippen molar-refractivity contribution in [2.75, 3.05) is 19.7 Å². The van der Waals surface area contributed by atoms with E-state index in [-0.39, 0.29) is 18.4 Å². The molecule has 108 valence electrons. The molecule has 1 atom stereocenters. The van der Waals surface area contributed by atoms with E-state index in [9.17, 15) is 9.59 Å². The topological polar surface area (TPSA) is 67.4 Å². The molecule has 1 aromatic carbocycles. The molecule has 0 aliphatic heterocycles. The van der Waals surface area contributed by atoms with E-state index in [1.54, 1.807) is 0 Å². The molecule has 0 heterocycles. The molecular formula is C15H20N2O3. The second-order valence-electron chi connectivity index (χ2n) is 4.31. The van der Waals surface area contributed by atoms with Crippen molar-refractivity contribution in [3.8, 4) is 0 Å². The van der Waals surface area contributed by atoms with Gasteiger partial charge < -0.3 is 15.4 Å². The number of carbonyl (C=O) groups excluding carboxylic acids is 2. The fraction of sp³-hybridized carbons (Fsp3) is 0.333. The average molecular weight is 276 g/mol. The van der Waals surface area contributed by atoms with Gasteiger partial charge in [-0.2, -0.15) is 0 Å². The summed E-state index contributed by atoms with van der Waals surface area (Å²) in [6, 6.07) is 9.69. The van der Waals surface area contributed by atoms with Crippen LogP contribution in [-0.2, 0) is 9.53 Å². The van der Waals surface area contributed by atoms with Crippen molar-refractivity contribution in [2.45, 2.75) is 12.8 Å². The van der Waals surface area contributed by atoms with E-state index in [4.69, 9.17) is 4.74 Å². The minimum atomic E-state index is -0.492. The molecule has 1 unspecified atom stereocenters. The van der Waals surface area contributed by atoms with Crippen LogP contribution in [0.3, 0.4) is 0 Å². The summed E-state index contributed by atoms with van der Waals surface area (Å²) in [5.74, 6) is -0.100. The van der Waals surface area contributed by atoms with Crippen LogP contribution in [0.5, 0.6) is 0 Å². The molecule has 1 aromatic rings. The maximum atomic E-state index is 11.4. The zero-order valence-electron chi connectivity index (χ0n) is 11.6. The molecule has 5 heteroatoms. The highest BCUT2D eigenvalue weighted by Crippen LogP contribution is 2.13. The Balaban J connectivity index is 2.56. The molecule has 0 aliphatic carbocycles. The van der Waals surface area contributed by atoms with Gasteiger partial charge in [-0.25, -0.2) is 4.79 Å². The number of alkyl carbamates (subject to hydrolysis) is 1. The second-order valence-corrected chi connectivity index (χ2v) is 4.31. The molecule has 0 saturated carbocycles. The van der Waals surface area contributed by atoms with Crippen LogP contribution in [0.1, 0.15) is 18.4 Å². The minimum absolute atomic E-state index is 0.00335. The Morgan fingerprint density at radius 1 is 1.25 bits per heavy atom. The highest BCUT2D eigenvalue weighted by Gasteiger charge is 2.13. The molecular weight excluding hydrogens is 256 g/mol. The number of carbonyl (C=O) groups is 2. The second kappa shape index (κ2) is 8.74. The van der Waals surface area contributed by atoms with Crippen LogP contribution in [0, 0.1) is 0 Å². The predicted molar refractivity (Wildman–Crippen MR) is 77.4 cm³/mol. The third-order valence-corrected chi connectivity index (χ3v) is 2.69. The molecule has 1 rings (SSSR count). The lowest BCUT2D eigenvalue weighted by Crippen LogP contribution is -2.35. The largest absolute Gasteiger partial charge is 0.445 e. The van der Waals surface area contributed by atoms with Gasteiger partial charge in [-0.1, -0.05) is 43.0 Å². The summed E-state index contributed by atoms with van der Waals surface area (Å²) in [5.41, 5.74) is 1.05. The van der Waals surface area contributed by atoms with Crippen LogP contribution in [0.15, 0.2) is 43.0 Å². The smallest absolute Gasteiger partial charge is 0.407 e. The van der Waals surface area contributed by atoms with Crippen LogP contribution in [0.25, 0.3) is 0 Å². The summed E-state index contributed by atoms with van der Waals surface area (Å²) in [6.07, 6.45) is 1.01. The molecule has 0 aliphatic rings. The lowest BCUT2D eigenvalue weighted by atomic mass is 9.99. The summed E-state index contributed by atoms with van der Waals surface area (Å²) in [4.78, 5) is 22.4. The van der Waals surface area contributed by atoms with Crippen molar-refractivity contribution in [3.63, 3.8) is 0 Å². The number of ether oxygens (including phenoxy) is 1. The zero-order valence-corrected chi connectivity index (χ0v) is 11.6. The average Bonchev–Trinajstić information content (AvgIpc) is 2.45. The first kappa shape index (κ1) is 15.8. The first-order valence-corrected chi connectivity index (χ1v) is 6.44. The summed E-state index contributed by atoms with van der Waals surface area (Å²) < 4.78 is 4.85. The molecule has 0 fully saturated rings. The van der Waals surface area contributed by atoms with Crippen molar-refractivity contribution in [2.24, 2.45) is 0 Å². The zero-order chi connectivity index (χ0) is 14.8. The number of amides is 2. The van der Waals surface area contributed by atoms with Crippen molar-refractivity contribution in [1.29, 1.82) is 0 Å². The summed E-state index contributed by atoms with van der Waals surface area (Å²) in [6.45, 7) is 5.96. The van der Waals surface area contributed by atoms with Gasteiger partial charge >= 0.3 is 6.09 Å². The van der Waals surface area contributed by atoms with Gasteiger partial charge in [0.05, 0.1) is 0 Å². The van der Waals surface area contributed by atoms with E-state index >= 15 is 0 Å². The van der Waals surface area contributed by atoms with Crippen LogP contribution >= 0.6 is 0 Å². The molecule has 0 aromatic heterocycles. The van der Waals surface area contributed by atoms with Gasteiger partial charge in [0.25, 0.3) is 0 Å². The van der Waals surface area contributed by atoms with Gasteiger partial charge in [0.2, 0.25) is 5.91 Å². The lowest BCUT2D eigenvalue weighted by Gasteiger charge is -2.18. The van der Waals surface area contributed by atoms with E-state index in [2.05, 4.69) is 17.2 Å². The number of rotatable bonds is 7. The molecule has 0 saturated heterocycles. The predicted octanol–water partition coefficient (Wildman–Crippen LogP) is 1.82. The van der Waals surface area contributed by atoms with Gasteiger partial charge in [0, 0.05) is 25.9 Å². The number of hydrogen-bond donors (Lipinski definition) is 2. The summed E-state index contributed by atoms with van der Waals surface area (Å²) in [5, 5.41) is 5.44. The SMILES string of the molecule is C=CCOC(=O)NCC(CNC(C)=O)c1ccccc1. The molecule has 20 heavy (non-hydrogen) atoms. The van der Waals surface area contributed by atoms with E-state index in [1.807, 2.05) is 30.3 Å². The Bertz CT molecular complexity index is 446. The molecule has 2 amide bonds. The third kappa shape index (κ3) is 6.04. The lowest BCUT2D eigenvalue weighted by molar-refractivity contribution is -0.119. The highest BCUT2D eigenvalue weighted by molar-refractivity contribution is 5.73. The van der Waals surface area contributed by atoms with Crippen molar-refractivity contribution >= 4 is 12.0 Å². The maximum absolute atomic E-state index is 11.4. The Hall–Kier alpha value is -2.30. The fourth-order valence-electron chi connectivity index (χ4n) is 1.69. The maximum Gasteiger partial charge on any atom is 0.407 e. The number of hydrogen-bond acceptors (Lipinski definition) is 3. The van der Waals surface area contributed by atoms with E-state index in [0.717, 1.165) is 5.56 Å². The minimum Gasteiger partial charge on any atom is -0.445 e. The first-order chi connectivity index (χ1) is 9.63. The first-order valence-electron chi connectivity index (χ1n) is 6.44. The monoisotopic (exact) mass is 276 g/mol. The number of benzene rings is 1. The molecule has 0 spiro atoms. The van der Waals surface area contributed by atoms with Crippen molar-refractivity contribution in [1.82, 2.24) is 10.6 Å². The third-order valence-electron chi connectivity index (χ3n) is 2.69. The highest BCUT2D eigenvalue weighted by atomic mass is 16.5. The molecule has 0 bridgehead atoms. The fourth-order valence-corrected chi connectivity index (χ4v) is 1.69. The standard InChI is InChI=1S/C15H20N2O3/c1-3-9-20-15(19)17-11-14(10-16-12(2)18)13-7-5-4-6-8-13/h3-8,14H,1,9-11H2,2H3,(H,16,18)(H,17,19). The normalized spacial score (nSPS) is 11.2.